The van der Waals surface area contributed by atoms with Crippen LogP contribution in [0.3, 0.4) is 0 Å². The molecule has 0 spiro atoms. The van der Waals surface area contributed by atoms with Crippen LogP contribution in [0, 0.1) is 0 Å². The fourth-order valence-electron chi connectivity index (χ4n) is 2.57. The van der Waals surface area contributed by atoms with Gasteiger partial charge in [0.25, 0.3) is 0 Å². The number of likely N-dealkylation sites (N-methyl/N-ethyl adjacent to an activating group) is 1. The molecular weight excluding hydrogens is 178 g/mol. The molecule has 0 aromatic heterocycles. The highest BCUT2D eigenvalue weighted by Crippen LogP contribution is 2.26. The highest BCUT2D eigenvalue weighted by atomic mass is 16.3. The average Bonchev–Trinajstić information content (AvgIpc) is 2.39. The highest BCUT2D eigenvalue weighted by Gasteiger charge is 2.45. The minimum absolute atomic E-state index is 0.0246. The Morgan fingerprint density at radius 3 is 2.71 bits per heavy atom. The molecule has 3 nitrogen and oxygen atoms in total. The number of ketones is 1. The van der Waals surface area contributed by atoms with Gasteiger partial charge < -0.3 is 9.59 Å². The van der Waals surface area contributed by atoms with E-state index in [2.05, 4.69) is 14.0 Å². The van der Waals surface area contributed by atoms with Gasteiger partial charge in [0.1, 0.15) is 12.6 Å². The van der Waals surface area contributed by atoms with Crippen LogP contribution in [-0.2, 0) is 4.79 Å². The summed E-state index contributed by atoms with van der Waals surface area (Å²) in [4.78, 5) is 11.4. The highest BCUT2D eigenvalue weighted by molar-refractivity contribution is 5.80. The molecule has 0 radical (unpaired) electrons. The topological polar surface area (TPSA) is 37.3 Å². The van der Waals surface area contributed by atoms with Crippen molar-refractivity contribution in [3.8, 4) is 0 Å². The summed E-state index contributed by atoms with van der Waals surface area (Å²) < 4.78 is 0.740. The smallest absolute Gasteiger partial charge is 0.186 e. The molecule has 0 bridgehead atoms. The van der Waals surface area contributed by atoms with E-state index in [-0.39, 0.29) is 17.9 Å². The van der Waals surface area contributed by atoms with Crippen LogP contribution < -0.4 is 0 Å². The van der Waals surface area contributed by atoms with Gasteiger partial charge in [-0.25, -0.2) is 0 Å². The zero-order valence-corrected chi connectivity index (χ0v) is 9.49. The first-order chi connectivity index (χ1) is 6.49. The van der Waals surface area contributed by atoms with E-state index in [0.29, 0.717) is 6.42 Å². The maximum Gasteiger partial charge on any atom is 0.186 e. The van der Waals surface area contributed by atoms with Gasteiger partial charge in [-0.2, -0.15) is 0 Å². The van der Waals surface area contributed by atoms with Crippen molar-refractivity contribution in [2.75, 3.05) is 20.1 Å². The fraction of sp³-hybridized carbons (Fsp3) is 0.909. The molecule has 1 saturated heterocycles. The Bertz CT molecular complexity index is 217. The first-order valence-corrected chi connectivity index (χ1v) is 5.52. The monoisotopic (exact) mass is 200 g/mol. The van der Waals surface area contributed by atoms with Gasteiger partial charge in [0.15, 0.2) is 11.8 Å². The van der Waals surface area contributed by atoms with E-state index in [4.69, 9.17) is 0 Å². The van der Waals surface area contributed by atoms with Gasteiger partial charge in [0, 0.05) is 13.3 Å². The first kappa shape index (κ1) is 11.7. The number of carbonyl (C=O) groups excluding carboxylic acids is 1. The Labute approximate surface area is 86.3 Å². The molecule has 82 valence electrons. The molecule has 0 saturated carbocycles. The van der Waals surface area contributed by atoms with E-state index in [0.717, 1.165) is 30.4 Å². The van der Waals surface area contributed by atoms with E-state index >= 15 is 0 Å². The van der Waals surface area contributed by atoms with Gasteiger partial charge in [0.2, 0.25) is 0 Å². The minimum Gasteiger partial charge on any atom is -0.387 e. The molecule has 14 heavy (non-hydrogen) atoms. The largest absolute Gasteiger partial charge is 0.387 e. The van der Waals surface area contributed by atoms with Crippen LogP contribution >= 0.6 is 0 Å². The Kier molecular flexibility index (Phi) is 3.67. The molecule has 1 N–H and O–H groups in total. The second kappa shape index (κ2) is 4.41. The number of unbranched alkanes of at least 4 members (excludes halogenated alkanes) is 1. The first-order valence-electron chi connectivity index (χ1n) is 5.52. The third-order valence-corrected chi connectivity index (χ3v) is 3.37. The third-order valence-electron chi connectivity index (χ3n) is 3.37. The third kappa shape index (κ3) is 2.34. The number of rotatable bonds is 4. The van der Waals surface area contributed by atoms with Crippen molar-refractivity contribution in [2.45, 2.75) is 45.3 Å². The second-order valence-electron chi connectivity index (χ2n) is 4.76. The Hall–Kier alpha value is -0.410. The minimum atomic E-state index is -0.286. The van der Waals surface area contributed by atoms with Gasteiger partial charge in [-0.05, 0) is 6.42 Å². The standard InChI is InChI=1S/C11H22NO2/c1-4-5-6-12(3)8-10(14)7-11(12)9(2)13/h10-11,14H,4-8H2,1-3H3/q+1/t10-,11+,12?/m1/s1. The van der Waals surface area contributed by atoms with Crippen molar-refractivity contribution >= 4 is 5.78 Å². The van der Waals surface area contributed by atoms with Crippen molar-refractivity contribution in [1.29, 1.82) is 0 Å². The molecule has 0 amide bonds. The Morgan fingerprint density at radius 1 is 1.57 bits per heavy atom. The molecule has 1 aliphatic rings. The predicted octanol–water partition coefficient (Wildman–Crippen LogP) is 0.955. The van der Waals surface area contributed by atoms with Gasteiger partial charge in [-0.3, -0.25) is 4.79 Å². The number of carbonyl (C=O) groups is 1. The van der Waals surface area contributed by atoms with Gasteiger partial charge in [-0.15, -0.1) is 0 Å². The SMILES string of the molecule is CCCC[N+]1(C)C[C@H](O)C[C@H]1C(C)=O. The lowest BCUT2D eigenvalue weighted by Crippen LogP contribution is -2.52. The van der Waals surface area contributed by atoms with Crippen molar-refractivity contribution in [2.24, 2.45) is 0 Å². The second-order valence-corrected chi connectivity index (χ2v) is 4.76. The Balaban J connectivity index is 2.67. The van der Waals surface area contributed by atoms with E-state index in [9.17, 15) is 9.90 Å². The molecule has 1 rings (SSSR count). The van der Waals surface area contributed by atoms with Crippen LogP contribution in [0.4, 0.5) is 0 Å². The summed E-state index contributed by atoms with van der Waals surface area (Å²) in [6.07, 6.45) is 2.64. The van der Waals surface area contributed by atoms with Crippen LogP contribution in [0.25, 0.3) is 0 Å². The van der Waals surface area contributed by atoms with Crippen LogP contribution in [-0.4, -0.2) is 47.7 Å². The van der Waals surface area contributed by atoms with Gasteiger partial charge in [0.05, 0.1) is 13.6 Å². The molecule has 0 aromatic rings. The molecule has 3 atom stereocenters. The number of aliphatic hydroxyl groups is 1. The molecule has 3 heteroatoms. The summed E-state index contributed by atoms with van der Waals surface area (Å²) in [6, 6.07) is 0.0246. The van der Waals surface area contributed by atoms with Crippen molar-refractivity contribution in [1.82, 2.24) is 0 Å². The number of Topliss-reactive ketones (excluding diaryl/α,β-unsaturated/α-hetero) is 1. The number of quaternary nitrogens is 1. The molecule has 1 fully saturated rings. The molecule has 1 heterocycles. The Morgan fingerprint density at radius 2 is 2.21 bits per heavy atom. The summed E-state index contributed by atoms with van der Waals surface area (Å²) in [7, 11) is 2.10. The van der Waals surface area contributed by atoms with Gasteiger partial charge in [-0.1, -0.05) is 13.3 Å². The lowest BCUT2D eigenvalue weighted by atomic mass is 10.1. The van der Waals surface area contributed by atoms with E-state index in [1.807, 2.05) is 0 Å². The summed E-state index contributed by atoms with van der Waals surface area (Å²) in [5.74, 6) is 0.222. The normalized spacial score (nSPS) is 37.4. The zero-order chi connectivity index (χ0) is 10.8. The zero-order valence-electron chi connectivity index (χ0n) is 9.49. The van der Waals surface area contributed by atoms with Crippen LogP contribution in [0.5, 0.6) is 0 Å². The van der Waals surface area contributed by atoms with Crippen LogP contribution in [0.15, 0.2) is 0 Å². The number of likely N-dealkylation sites (tertiary alicyclic amines) is 1. The summed E-state index contributed by atoms with van der Waals surface area (Å²) >= 11 is 0. The number of hydrogen-bond donors (Lipinski definition) is 1. The van der Waals surface area contributed by atoms with Crippen molar-refractivity contribution in [3.05, 3.63) is 0 Å². The van der Waals surface area contributed by atoms with Crippen molar-refractivity contribution in [3.63, 3.8) is 0 Å². The fourth-order valence-corrected chi connectivity index (χ4v) is 2.57. The maximum atomic E-state index is 11.4. The molecular formula is C11H22NO2+. The van der Waals surface area contributed by atoms with Crippen LogP contribution in [0.2, 0.25) is 0 Å². The van der Waals surface area contributed by atoms with Crippen LogP contribution in [0.1, 0.15) is 33.1 Å². The summed E-state index contributed by atoms with van der Waals surface area (Å²) in [6.45, 7) is 5.55. The molecule has 0 aromatic carbocycles. The predicted molar refractivity (Wildman–Crippen MR) is 55.9 cm³/mol. The summed E-state index contributed by atoms with van der Waals surface area (Å²) in [5.41, 5.74) is 0. The van der Waals surface area contributed by atoms with E-state index in [1.54, 1.807) is 6.92 Å². The summed E-state index contributed by atoms with van der Waals surface area (Å²) in [5, 5.41) is 9.62. The quantitative estimate of drug-likeness (QED) is 0.686. The van der Waals surface area contributed by atoms with E-state index < -0.39 is 0 Å². The number of aliphatic hydroxyl groups excluding tert-OH is 1. The molecule has 1 unspecified atom stereocenters. The lowest BCUT2D eigenvalue weighted by molar-refractivity contribution is -0.913. The van der Waals surface area contributed by atoms with Gasteiger partial charge >= 0.3 is 0 Å². The molecule has 1 aliphatic heterocycles. The number of hydrogen-bond acceptors (Lipinski definition) is 2. The lowest BCUT2D eigenvalue weighted by Gasteiger charge is -2.34. The number of nitrogens with zero attached hydrogens (tertiary/aromatic N) is 1. The van der Waals surface area contributed by atoms with Crippen molar-refractivity contribution < 1.29 is 14.4 Å². The average molecular weight is 200 g/mol. The molecule has 0 aliphatic carbocycles. The maximum absolute atomic E-state index is 11.4. The van der Waals surface area contributed by atoms with E-state index in [1.165, 1.54) is 0 Å².